The molecule has 0 aliphatic rings. The lowest BCUT2D eigenvalue weighted by atomic mass is 10.2. The van der Waals surface area contributed by atoms with Crippen molar-refractivity contribution in [3.8, 4) is 17.3 Å². The van der Waals surface area contributed by atoms with E-state index in [1.54, 1.807) is 12.1 Å². The molecule has 0 atom stereocenters. The number of phenols is 1. The van der Waals surface area contributed by atoms with Gasteiger partial charge in [0.25, 0.3) is 5.56 Å². The molecule has 1 heterocycles. The maximum absolute atomic E-state index is 13.1. The summed E-state index contributed by atoms with van der Waals surface area (Å²) < 4.78 is 14.2. The van der Waals surface area contributed by atoms with Gasteiger partial charge in [-0.05, 0) is 48.6 Å². The van der Waals surface area contributed by atoms with Crippen LogP contribution in [0, 0.1) is 10.6 Å². The molecule has 0 aliphatic heterocycles. The molecule has 0 aliphatic carbocycles. The van der Waals surface area contributed by atoms with Gasteiger partial charge in [-0.2, -0.15) is 0 Å². The van der Waals surface area contributed by atoms with Crippen LogP contribution in [0.2, 0.25) is 0 Å². The molecule has 0 bridgehead atoms. The van der Waals surface area contributed by atoms with Crippen LogP contribution in [0.3, 0.4) is 0 Å². The van der Waals surface area contributed by atoms with Crippen LogP contribution in [0.25, 0.3) is 5.69 Å². The van der Waals surface area contributed by atoms with Crippen molar-refractivity contribution in [2.45, 2.75) is 0 Å². The molecule has 8 heteroatoms. The second-order valence-electron chi connectivity index (χ2n) is 5.09. The Morgan fingerprint density at radius 3 is 2.56 bits per heavy atom. The maximum Gasteiger partial charge on any atom is 0.264 e. The van der Waals surface area contributed by atoms with Crippen molar-refractivity contribution in [3.05, 3.63) is 75.0 Å². The van der Waals surface area contributed by atoms with Crippen LogP contribution in [-0.4, -0.2) is 26.0 Å². The molecule has 3 N–H and O–H groups in total. The predicted molar refractivity (Wildman–Crippen MR) is 94.2 cm³/mol. The SMILES string of the molecule is O=c1[nH]c(=S)n(-c2ccc(F)cc2)c(O)c1C=Nc1cccc(O)c1. The number of nitrogens with one attached hydrogen (secondary N) is 1. The van der Waals surface area contributed by atoms with E-state index in [1.807, 2.05) is 0 Å². The summed E-state index contributed by atoms with van der Waals surface area (Å²) in [4.78, 5) is 18.6. The van der Waals surface area contributed by atoms with Gasteiger partial charge in [0.1, 0.15) is 17.1 Å². The van der Waals surface area contributed by atoms with Crippen LogP contribution in [-0.2, 0) is 0 Å². The lowest BCUT2D eigenvalue weighted by Crippen LogP contribution is -2.18. The lowest BCUT2D eigenvalue weighted by Gasteiger charge is -2.11. The van der Waals surface area contributed by atoms with Gasteiger partial charge in [0.2, 0.25) is 5.88 Å². The lowest BCUT2D eigenvalue weighted by molar-refractivity contribution is 0.432. The van der Waals surface area contributed by atoms with Crippen molar-refractivity contribution in [1.29, 1.82) is 0 Å². The number of aromatic nitrogens is 2. The molecule has 0 spiro atoms. The first kappa shape index (κ1) is 16.6. The van der Waals surface area contributed by atoms with Crippen molar-refractivity contribution >= 4 is 24.1 Å². The molecule has 0 radical (unpaired) electrons. The summed E-state index contributed by atoms with van der Waals surface area (Å²) in [6.45, 7) is 0. The number of aromatic hydroxyl groups is 2. The van der Waals surface area contributed by atoms with Crippen LogP contribution in [0.15, 0.2) is 58.3 Å². The summed E-state index contributed by atoms with van der Waals surface area (Å²) in [6.07, 6.45) is 1.16. The number of hydrogen-bond donors (Lipinski definition) is 3. The van der Waals surface area contributed by atoms with E-state index < -0.39 is 17.3 Å². The van der Waals surface area contributed by atoms with E-state index in [0.29, 0.717) is 11.4 Å². The first-order valence-corrected chi connectivity index (χ1v) is 7.54. The van der Waals surface area contributed by atoms with Crippen molar-refractivity contribution in [2.24, 2.45) is 4.99 Å². The number of aromatic amines is 1. The highest BCUT2D eigenvalue weighted by Crippen LogP contribution is 2.21. The standard InChI is InChI=1S/C17H12FN3O3S/c18-10-4-6-12(7-5-10)21-16(24)14(15(23)20-17(21)25)9-19-11-2-1-3-13(22)8-11/h1-9,22,24H,(H,20,23,25). The molecule has 0 unspecified atom stereocenters. The van der Waals surface area contributed by atoms with Gasteiger partial charge in [-0.3, -0.25) is 19.3 Å². The highest BCUT2D eigenvalue weighted by Gasteiger charge is 2.12. The summed E-state index contributed by atoms with van der Waals surface area (Å²) in [5.74, 6) is -0.843. The second kappa shape index (κ2) is 6.70. The number of phenolic OH excluding ortho intramolecular Hbond substituents is 1. The zero-order valence-electron chi connectivity index (χ0n) is 12.7. The van der Waals surface area contributed by atoms with Gasteiger partial charge < -0.3 is 10.2 Å². The third-order valence-electron chi connectivity index (χ3n) is 3.38. The molecule has 0 fully saturated rings. The number of rotatable bonds is 3. The molecule has 126 valence electrons. The molecular formula is C17H12FN3O3S. The predicted octanol–water partition coefficient (Wildman–Crippen LogP) is 3.20. The third-order valence-corrected chi connectivity index (χ3v) is 3.66. The first-order chi connectivity index (χ1) is 12.0. The number of hydrogen-bond acceptors (Lipinski definition) is 5. The van der Waals surface area contributed by atoms with Crippen LogP contribution < -0.4 is 5.56 Å². The maximum atomic E-state index is 13.1. The Balaban J connectivity index is 2.12. The highest BCUT2D eigenvalue weighted by molar-refractivity contribution is 7.71. The van der Waals surface area contributed by atoms with Crippen LogP contribution in [0.4, 0.5) is 10.1 Å². The summed E-state index contributed by atoms with van der Waals surface area (Å²) >= 11 is 5.07. The van der Waals surface area contributed by atoms with Gasteiger partial charge in [0, 0.05) is 12.3 Å². The minimum Gasteiger partial charge on any atom is -0.508 e. The van der Waals surface area contributed by atoms with Crippen molar-refractivity contribution in [1.82, 2.24) is 9.55 Å². The van der Waals surface area contributed by atoms with Gasteiger partial charge in [0.05, 0.1) is 11.4 Å². The summed E-state index contributed by atoms with van der Waals surface area (Å²) in [5.41, 5.74) is 0.0350. The Morgan fingerprint density at radius 2 is 1.88 bits per heavy atom. The normalized spacial score (nSPS) is 11.1. The zero-order valence-corrected chi connectivity index (χ0v) is 13.5. The third kappa shape index (κ3) is 3.48. The van der Waals surface area contributed by atoms with Crippen molar-refractivity contribution in [2.75, 3.05) is 0 Å². The molecule has 2 aromatic carbocycles. The molecule has 3 rings (SSSR count). The molecular weight excluding hydrogens is 345 g/mol. The first-order valence-electron chi connectivity index (χ1n) is 7.13. The fraction of sp³-hybridized carbons (Fsp3) is 0. The van der Waals surface area contributed by atoms with Gasteiger partial charge in [0.15, 0.2) is 4.77 Å². The van der Waals surface area contributed by atoms with E-state index in [0.717, 1.165) is 6.21 Å². The van der Waals surface area contributed by atoms with Gasteiger partial charge >= 0.3 is 0 Å². The van der Waals surface area contributed by atoms with Crippen LogP contribution >= 0.6 is 12.2 Å². The van der Waals surface area contributed by atoms with Crippen molar-refractivity contribution in [3.63, 3.8) is 0 Å². The molecule has 25 heavy (non-hydrogen) atoms. The quantitative estimate of drug-likeness (QED) is 0.496. The zero-order chi connectivity index (χ0) is 18.0. The Hall–Kier alpha value is -3.26. The van der Waals surface area contributed by atoms with Crippen molar-refractivity contribution < 1.29 is 14.6 Å². The number of benzene rings is 2. The Kier molecular flexibility index (Phi) is 4.44. The Morgan fingerprint density at radius 1 is 1.16 bits per heavy atom. The highest BCUT2D eigenvalue weighted by atomic mass is 32.1. The van der Waals surface area contributed by atoms with E-state index in [9.17, 15) is 19.4 Å². The summed E-state index contributed by atoms with van der Waals surface area (Å²) in [5, 5.41) is 19.9. The summed E-state index contributed by atoms with van der Waals surface area (Å²) in [7, 11) is 0. The molecule has 6 nitrogen and oxygen atoms in total. The van der Waals surface area contributed by atoms with Gasteiger partial charge in [-0.15, -0.1) is 0 Å². The molecule has 3 aromatic rings. The topological polar surface area (TPSA) is 90.6 Å². The minimum absolute atomic E-state index is 0.0232. The fourth-order valence-electron chi connectivity index (χ4n) is 2.20. The fourth-order valence-corrected chi connectivity index (χ4v) is 2.48. The molecule has 0 saturated carbocycles. The molecule has 1 aromatic heterocycles. The Bertz CT molecular complexity index is 1070. The monoisotopic (exact) mass is 357 g/mol. The Labute approximate surface area is 146 Å². The molecule has 0 saturated heterocycles. The van der Waals surface area contributed by atoms with E-state index in [1.165, 1.54) is 41.0 Å². The average molecular weight is 357 g/mol. The van der Waals surface area contributed by atoms with E-state index in [4.69, 9.17) is 12.2 Å². The number of H-pyrrole nitrogens is 1. The van der Waals surface area contributed by atoms with E-state index >= 15 is 0 Å². The van der Waals surface area contributed by atoms with Crippen LogP contribution in [0.5, 0.6) is 11.6 Å². The van der Waals surface area contributed by atoms with E-state index in [-0.39, 0.29) is 16.1 Å². The second-order valence-corrected chi connectivity index (χ2v) is 5.47. The smallest absolute Gasteiger partial charge is 0.264 e. The largest absolute Gasteiger partial charge is 0.508 e. The number of halogens is 1. The van der Waals surface area contributed by atoms with E-state index in [2.05, 4.69) is 9.98 Å². The van der Waals surface area contributed by atoms with Crippen LogP contribution in [0.1, 0.15) is 5.56 Å². The number of aliphatic imine (C=N–C) groups is 1. The average Bonchev–Trinajstić information content (AvgIpc) is 2.56. The summed E-state index contributed by atoms with van der Waals surface area (Å²) in [6, 6.07) is 11.4. The minimum atomic E-state index is -0.621. The van der Waals surface area contributed by atoms with Gasteiger partial charge in [-0.25, -0.2) is 4.39 Å². The van der Waals surface area contributed by atoms with Gasteiger partial charge in [-0.1, -0.05) is 6.07 Å². The number of nitrogens with zero attached hydrogens (tertiary/aromatic N) is 2. The molecule has 0 amide bonds.